The number of carbonyl (C=O) groups is 1. The van der Waals surface area contributed by atoms with Gasteiger partial charge in [0.05, 0.1) is 12.2 Å². The van der Waals surface area contributed by atoms with Crippen LogP contribution in [0.1, 0.15) is 66.7 Å². The van der Waals surface area contributed by atoms with Crippen LogP contribution in [0.15, 0.2) is 0 Å². The molecule has 1 aliphatic rings. The summed E-state index contributed by atoms with van der Waals surface area (Å²) in [6.45, 7) is 11.9. The molecule has 3 heteroatoms. The van der Waals surface area contributed by atoms with Crippen molar-refractivity contribution in [3.8, 4) is 0 Å². The van der Waals surface area contributed by atoms with E-state index in [9.17, 15) is 4.79 Å². The molecule has 0 radical (unpaired) electrons. The Morgan fingerprint density at radius 3 is 2.28 bits per heavy atom. The maximum absolute atomic E-state index is 12.4. The van der Waals surface area contributed by atoms with E-state index in [1.807, 2.05) is 0 Å². The van der Waals surface area contributed by atoms with E-state index in [4.69, 9.17) is 0 Å². The fraction of sp³-hybridized carbons (Fsp3) is 0.933. The molecule has 0 saturated carbocycles. The Morgan fingerprint density at radius 2 is 1.78 bits per heavy atom. The maximum Gasteiger partial charge on any atom is 0.241 e. The van der Waals surface area contributed by atoms with Crippen LogP contribution in [0.4, 0.5) is 0 Å². The van der Waals surface area contributed by atoms with Crippen LogP contribution >= 0.6 is 0 Å². The summed E-state index contributed by atoms with van der Waals surface area (Å²) in [5.41, 5.74) is 0.292. The lowest BCUT2D eigenvalue weighted by Gasteiger charge is -2.27. The van der Waals surface area contributed by atoms with Gasteiger partial charge in [-0.05, 0) is 24.7 Å². The molecule has 1 N–H and O–H groups in total. The van der Waals surface area contributed by atoms with Crippen LogP contribution in [-0.4, -0.2) is 29.6 Å². The van der Waals surface area contributed by atoms with Crippen LogP contribution in [-0.2, 0) is 4.79 Å². The molecule has 0 spiro atoms. The van der Waals surface area contributed by atoms with Crippen molar-refractivity contribution in [2.45, 2.75) is 78.9 Å². The molecule has 0 aromatic heterocycles. The van der Waals surface area contributed by atoms with E-state index < -0.39 is 0 Å². The van der Waals surface area contributed by atoms with Gasteiger partial charge in [-0.3, -0.25) is 10.1 Å². The second-order valence-electron chi connectivity index (χ2n) is 6.65. The number of nitrogens with one attached hydrogen (secondary N) is 1. The van der Waals surface area contributed by atoms with E-state index >= 15 is 0 Å². The standard InChI is InChI=1S/C15H30N2O/c1-6-8-12-14(18)17(11-10-15(3,4)5)13(16-12)9-7-2/h12-13,16H,6-11H2,1-5H3. The number of hydrogen-bond acceptors (Lipinski definition) is 2. The highest BCUT2D eigenvalue weighted by atomic mass is 16.2. The Kier molecular flexibility index (Phi) is 5.64. The van der Waals surface area contributed by atoms with E-state index in [1.54, 1.807) is 0 Å². The lowest BCUT2D eigenvalue weighted by molar-refractivity contribution is -0.130. The van der Waals surface area contributed by atoms with E-state index in [1.165, 1.54) is 0 Å². The zero-order chi connectivity index (χ0) is 13.8. The van der Waals surface area contributed by atoms with Gasteiger partial charge in [0.2, 0.25) is 5.91 Å². The molecule has 106 valence electrons. The number of carbonyl (C=O) groups excluding carboxylic acids is 1. The molecule has 1 heterocycles. The van der Waals surface area contributed by atoms with Crippen molar-refractivity contribution >= 4 is 5.91 Å². The molecule has 0 aromatic carbocycles. The van der Waals surface area contributed by atoms with Gasteiger partial charge in [0.25, 0.3) is 0 Å². The average molecular weight is 254 g/mol. The largest absolute Gasteiger partial charge is 0.326 e. The van der Waals surface area contributed by atoms with Crippen molar-refractivity contribution in [1.29, 1.82) is 0 Å². The monoisotopic (exact) mass is 254 g/mol. The van der Waals surface area contributed by atoms with Crippen molar-refractivity contribution in [2.75, 3.05) is 6.54 Å². The summed E-state index contributed by atoms with van der Waals surface area (Å²) in [6, 6.07) is 0.0616. The summed E-state index contributed by atoms with van der Waals surface area (Å²) in [4.78, 5) is 14.4. The van der Waals surface area contributed by atoms with E-state index in [0.29, 0.717) is 11.3 Å². The van der Waals surface area contributed by atoms with E-state index in [0.717, 1.165) is 38.6 Å². The SMILES string of the molecule is CCCC1NC(CCC)N(CCC(C)(C)C)C1=O. The molecule has 1 fully saturated rings. The van der Waals surface area contributed by atoms with E-state index in [-0.39, 0.29) is 12.2 Å². The second kappa shape index (κ2) is 6.55. The molecule has 2 atom stereocenters. The molecule has 3 nitrogen and oxygen atoms in total. The molecule has 1 rings (SSSR count). The molecular weight excluding hydrogens is 224 g/mol. The molecule has 0 aromatic rings. The summed E-state index contributed by atoms with van der Waals surface area (Å²) < 4.78 is 0. The number of rotatable bonds is 6. The van der Waals surface area contributed by atoms with Gasteiger partial charge < -0.3 is 4.90 Å². The second-order valence-corrected chi connectivity index (χ2v) is 6.65. The number of amides is 1. The highest BCUT2D eigenvalue weighted by molar-refractivity contribution is 5.84. The summed E-state index contributed by atoms with van der Waals surface area (Å²) in [6.07, 6.45) is 5.55. The van der Waals surface area contributed by atoms with Crippen molar-refractivity contribution < 1.29 is 4.79 Å². The zero-order valence-corrected chi connectivity index (χ0v) is 12.8. The summed E-state index contributed by atoms with van der Waals surface area (Å²) >= 11 is 0. The number of nitrogens with zero attached hydrogens (tertiary/aromatic N) is 1. The van der Waals surface area contributed by atoms with Gasteiger partial charge in [0, 0.05) is 6.54 Å². The summed E-state index contributed by atoms with van der Waals surface area (Å²) in [5, 5.41) is 3.51. The minimum atomic E-state index is 0.0616. The summed E-state index contributed by atoms with van der Waals surface area (Å²) in [7, 11) is 0. The predicted molar refractivity (Wildman–Crippen MR) is 76.3 cm³/mol. The lowest BCUT2D eigenvalue weighted by Crippen LogP contribution is -2.39. The number of hydrogen-bond donors (Lipinski definition) is 1. The highest BCUT2D eigenvalue weighted by Crippen LogP contribution is 2.23. The van der Waals surface area contributed by atoms with Gasteiger partial charge in [-0.2, -0.15) is 0 Å². The Morgan fingerprint density at radius 1 is 1.17 bits per heavy atom. The third-order valence-corrected chi connectivity index (χ3v) is 3.59. The van der Waals surface area contributed by atoms with Crippen LogP contribution in [0.2, 0.25) is 0 Å². The topological polar surface area (TPSA) is 32.3 Å². The first kappa shape index (κ1) is 15.5. The molecule has 0 bridgehead atoms. The normalized spacial score (nSPS) is 24.9. The van der Waals surface area contributed by atoms with Gasteiger partial charge in [-0.25, -0.2) is 0 Å². The van der Waals surface area contributed by atoms with Crippen molar-refractivity contribution in [1.82, 2.24) is 10.2 Å². The van der Waals surface area contributed by atoms with Crippen molar-refractivity contribution in [3.63, 3.8) is 0 Å². The maximum atomic E-state index is 12.4. The minimum Gasteiger partial charge on any atom is -0.326 e. The van der Waals surface area contributed by atoms with Crippen LogP contribution < -0.4 is 5.32 Å². The molecular formula is C15H30N2O. The molecule has 1 saturated heterocycles. The quantitative estimate of drug-likeness (QED) is 0.789. The molecule has 2 unspecified atom stereocenters. The van der Waals surface area contributed by atoms with Gasteiger partial charge in [-0.1, -0.05) is 47.5 Å². The smallest absolute Gasteiger partial charge is 0.241 e. The van der Waals surface area contributed by atoms with Crippen LogP contribution in [0.5, 0.6) is 0 Å². The van der Waals surface area contributed by atoms with E-state index in [2.05, 4.69) is 44.8 Å². The Bertz CT molecular complexity index is 270. The van der Waals surface area contributed by atoms with Gasteiger partial charge in [0.15, 0.2) is 0 Å². The molecule has 1 amide bonds. The summed E-state index contributed by atoms with van der Waals surface area (Å²) in [5.74, 6) is 0.319. The highest BCUT2D eigenvalue weighted by Gasteiger charge is 2.37. The van der Waals surface area contributed by atoms with Crippen LogP contribution in [0, 0.1) is 5.41 Å². The van der Waals surface area contributed by atoms with Crippen LogP contribution in [0.25, 0.3) is 0 Å². The zero-order valence-electron chi connectivity index (χ0n) is 12.8. The fourth-order valence-electron chi connectivity index (χ4n) is 2.48. The Hall–Kier alpha value is -0.570. The third kappa shape index (κ3) is 4.27. The average Bonchev–Trinajstić information content (AvgIpc) is 2.53. The Balaban J connectivity index is 2.62. The fourth-order valence-corrected chi connectivity index (χ4v) is 2.48. The first-order valence-electron chi connectivity index (χ1n) is 7.45. The van der Waals surface area contributed by atoms with Gasteiger partial charge >= 0.3 is 0 Å². The molecule has 1 aliphatic heterocycles. The third-order valence-electron chi connectivity index (χ3n) is 3.59. The van der Waals surface area contributed by atoms with Crippen molar-refractivity contribution in [3.05, 3.63) is 0 Å². The van der Waals surface area contributed by atoms with Crippen LogP contribution in [0.3, 0.4) is 0 Å². The Labute approximate surface area is 112 Å². The van der Waals surface area contributed by atoms with Gasteiger partial charge in [0.1, 0.15) is 0 Å². The molecule has 18 heavy (non-hydrogen) atoms. The lowest BCUT2D eigenvalue weighted by atomic mass is 9.92. The minimum absolute atomic E-state index is 0.0616. The predicted octanol–water partition coefficient (Wildman–Crippen LogP) is 3.15. The van der Waals surface area contributed by atoms with Crippen molar-refractivity contribution in [2.24, 2.45) is 5.41 Å². The first-order valence-corrected chi connectivity index (χ1v) is 7.45. The first-order chi connectivity index (χ1) is 8.39. The molecule has 0 aliphatic carbocycles. The van der Waals surface area contributed by atoms with Gasteiger partial charge in [-0.15, -0.1) is 0 Å².